The van der Waals surface area contributed by atoms with E-state index in [2.05, 4.69) is 9.97 Å². The van der Waals surface area contributed by atoms with Gasteiger partial charge in [0.15, 0.2) is 11.5 Å². The highest BCUT2D eigenvalue weighted by Gasteiger charge is 2.15. The van der Waals surface area contributed by atoms with Crippen LogP contribution in [0.3, 0.4) is 0 Å². The number of pyridine rings is 1. The summed E-state index contributed by atoms with van der Waals surface area (Å²) < 4.78 is 13.6. The Bertz CT molecular complexity index is 1190. The summed E-state index contributed by atoms with van der Waals surface area (Å²) in [4.78, 5) is 21.8. The Labute approximate surface area is 172 Å². The molecule has 0 amide bonds. The lowest BCUT2D eigenvalue weighted by Crippen LogP contribution is -2.20. The Morgan fingerprint density at radius 1 is 1.03 bits per heavy atom. The van der Waals surface area contributed by atoms with Crippen molar-refractivity contribution in [3.8, 4) is 22.6 Å². The van der Waals surface area contributed by atoms with E-state index in [4.69, 9.17) is 9.47 Å². The molecule has 0 aliphatic heterocycles. The second-order valence-corrected chi connectivity index (χ2v) is 7.23. The molecule has 148 valence electrons. The molecule has 0 unspecified atom stereocenters. The third-order valence-corrected chi connectivity index (χ3v) is 5.42. The highest BCUT2D eigenvalue weighted by atomic mass is 32.1. The van der Waals surface area contributed by atoms with Crippen LogP contribution in [0.4, 0.5) is 0 Å². The van der Waals surface area contributed by atoms with Crippen LogP contribution in [0.2, 0.25) is 0 Å². The summed E-state index contributed by atoms with van der Waals surface area (Å²) in [6.45, 7) is 5.39. The van der Waals surface area contributed by atoms with Crippen LogP contribution in [-0.4, -0.2) is 27.7 Å². The molecule has 0 spiro atoms. The average molecular weight is 407 g/mol. The van der Waals surface area contributed by atoms with Crippen LogP contribution >= 0.6 is 11.3 Å². The van der Waals surface area contributed by atoms with Crippen molar-refractivity contribution in [3.05, 3.63) is 70.4 Å². The van der Waals surface area contributed by atoms with Gasteiger partial charge in [-0.1, -0.05) is 12.1 Å². The van der Waals surface area contributed by atoms with Crippen molar-refractivity contribution in [3.63, 3.8) is 0 Å². The van der Waals surface area contributed by atoms with Crippen LogP contribution in [0.15, 0.2) is 59.1 Å². The first-order valence-electron chi connectivity index (χ1n) is 9.47. The van der Waals surface area contributed by atoms with E-state index < -0.39 is 0 Å². The first-order chi connectivity index (χ1) is 14.2. The Kier molecular flexibility index (Phi) is 5.57. The number of rotatable bonds is 7. The van der Waals surface area contributed by atoms with Gasteiger partial charge in [0.1, 0.15) is 4.70 Å². The van der Waals surface area contributed by atoms with Gasteiger partial charge in [-0.15, -0.1) is 11.3 Å². The van der Waals surface area contributed by atoms with Crippen molar-refractivity contribution >= 4 is 21.6 Å². The van der Waals surface area contributed by atoms with Crippen LogP contribution in [0.5, 0.6) is 11.5 Å². The normalized spacial score (nSPS) is 11.0. The van der Waals surface area contributed by atoms with Crippen LogP contribution in [0, 0.1) is 0 Å². The molecule has 0 saturated heterocycles. The largest absolute Gasteiger partial charge is 0.490 e. The fraction of sp³-hybridized carbons (Fsp3) is 0.227. The molecule has 3 aromatic heterocycles. The van der Waals surface area contributed by atoms with Gasteiger partial charge in [-0.2, -0.15) is 0 Å². The van der Waals surface area contributed by atoms with E-state index in [-0.39, 0.29) is 5.56 Å². The predicted octanol–water partition coefficient (Wildman–Crippen LogP) is 4.37. The predicted molar refractivity (Wildman–Crippen MR) is 115 cm³/mol. The molecule has 29 heavy (non-hydrogen) atoms. The summed E-state index contributed by atoms with van der Waals surface area (Å²) in [7, 11) is 0. The zero-order chi connectivity index (χ0) is 20.2. The Morgan fingerprint density at radius 2 is 1.86 bits per heavy atom. The number of nitrogens with zero attached hydrogens (tertiary/aromatic N) is 3. The summed E-state index contributed by atoms with van der Waals surface area (Å²) in [5.41, 5.74) is 3.31. The lowest BCUT2D eigenvalue weighted by atomic mass is 10.1. The molecule has 0 fully saturated rings. The van der Waals surface area contributed by atoms with Crippen molar-refractivity contribution in [2.24, 2.45) is 0 Å². The van der Waals surface area contributed by atoms with Crippen molar-refractivity contribution in [2.75, 3.05) is 13.2 Å². The number of hydrogen-bond acceptors (Lipinski definition) is 6. The van der Waals surface area contributed by atoms with Crippen molar-refractivity contribution in [2.45, 2.75) is 20.4 Å². The van der Waals surface area contributed by atoms with Gasteiger partial charge in [-0.05, 0) is 43.7 Å². The molecule has 0 radical (unpaired) electrons. The Hall–Kier alpha value is -3.19. The summed E-state index contributed by atoms with van der Waals surface area (Å²) in [5.74, 6) is 1.40. The summed E-state index contributed by atoms with van der Waals surface area (Å²) in [6.07, 6.45) is 3.31. The molecule has 3 heterocycles. The van der Waals surface area contributed by atoms with Gasteiger partial charge < -0.3 is 9.47 Å². The van der Waals surface area contributed by atoms with Crippen LogP contribution < -0.4 is 15.0 Å². The fourth-order valence-corrected chi connectivity index (χ4v) is 4.12. The fourth-order valence-electron chi connectivity index (χ4n) is 3.14. The van der Waals surface area contributed by atoms with Gasteiger partial charge >= 0.3 is 0 Å². The molecular weight excluding hydrogens is 386 g/mol. The highest BCUT2D eigenvalue weighted by Crippen LogP contribution is 2.36. The smallest absolute Gasteiger partial charge is 0.271 e. The third kappa shape index (κ3) is 3.86. The number of benzene rings is 1. The van der Waals surface area contributed by atoms with Crippen LogP contribution in [0.25, 0.3) is 21.3 Å². The average Bonchev–Trinajstić information content (AvgIpc) is 3.17. The summed E-state index contributed by atoms with van der Waals surface area (Å²) in [5, 5.41) is 1.97. The third-order valence-electron chi connectivity index (χ3n) is 4.46. The molecule has 0 bridgehead atoms. The van der Waals surface area contributed by atoms with Gasteiger partial charge in [-0.25, -0.2) is 4.98 Å². The molecule has 4 aromatic rings. The number of hydrogen-bond donors (Lipinski definition) is 0. The molecule has 0 aliphatic carbocycles. The maximum absolute atomic E-state index is 12.9. The Balaban J connectivity index is 1.73. The summed E-state index contributed by atoms with van der Waals surface area (Å²) in [6, 6.07) is 11.5. The minimum Gasteiger partial charge on any atom is -0.490 e. The molecule has 0 saturated carbocycles. The standard InChI is InChI=1S/C22H21N3O3S/c1-3-27-18-9-8-15(11-19(18)28-4-2)17-13-29-21-20(17)24-14-25(22(21)26)12-16-7-5-6-10-23-16/h5-11,13-14H,3-4,12H2,1-2H3. The van der Waals surface area contributed by atoms with E-state index in [9.17, 15) is 4.79 Å². The van der Waals surface area contributed by atoms with Crippen LogP contribution in [-0.2, 0) is 6.54 Å². The number of thiophene rings is 1. The van der Waals surface area contributed by atoms with E-state index in [1.54, 1.807) is 17.1 Å². The van der Waals surface area contributed by atoms with Gasteiger partial charge in [0.05, 0.1) is 37.3 Å². The number of fused-ring (bicyclic) bond motifs is 1. The Morgan fingerprint density at radius 3 is 2.62 bits per heavy atom. The molecule has 6 nitrogen and oxygen atoms in total. The number of aromatic nitrogens is 3. The van der Waals surface area contributed by atoms with E-state index in [0.29, 0.717) is 41.5 Å². The molecular formula is C22H21N3O3S. The zero-order valence-electron chi connectivity index (χ0n) is 16.3. The SMILES string of the molecule is CCOc1ccc(-c2csc3c(=O)n(Cc4ccccn4)cnc23)cc1OCC. The number of ether oxygens (including phenoxy) is 2. The quantitative estimate of drug-likeness (QED) is 0.455. The van der Waals surface area contributed by atoms with Gasteiger partial charge in [-0.3, -0.25) is 14.3 Å². The van der Waals surface area contributed by atoms with E-state index >= 15 is 0 Å². The molecule has 0 atom stereocenters. The minimum absolute atomic E-state index is 0.0622. The van der Waals surface area contributed by atoms with Gasteiger partial charge in [0.2, 0.25) is 0 Å². The second kappa shape index (κ2) is 8.45. The summed E-state index contributed by atoms with van der Waals surface area (Å²) >= 11 is 1.41. The molecule has 1 aromatic carbocycles. The van der Waals surface area contributed by atoms with E-state index in [1.807, 2.05) is 55.6 Å². The van der Waals surface area contributed by atoms with Crippen molar-refractivity contribution < 1.29 is 9.47 Å². The van der Waals surface area contributed by atoms with Gasteiger partial charge in [0, 0.05) is 17.1 Å². The lowest BCUT2D eigenvalue weighted by molar-refractivity contribution is 0.288. The molecule has 4 rings (SSSR count). The maximum atomic E-state index is 12.9. The maximum Gasteiger partial charge on any atom is 0.271 e. The topological polar surface area (TPSA) is 66.2 Å². The van der Waals surface area contributed by atoms with E-state index in [1.165, 1.54) is 11.3 Å². The highest BCUT2D eigenvalue weighted by molar-refractivity contribution is 7.17. The van der Waals surface area contributed by atoms with Gasteiger partial charge in [0.25, 0.3) is 5.56 Å². The minimum atomic E-state index is -0.0622. The molecule has 7 heteroatoms. The first-order valence-corrected chi connectivity index (χ1v) is 10.4. The monoisotopic (exact) mass is 407 g/mol. The molecule has 0 N–H and O–H groups in total. The lowest BCUT2D eigenvalue weighted by Gasteiger charge is -2.12. The zero-order valence-corrected chi connectivity index (χ0v) is 17.1. The van der Waals surface area contributed by atoms with Crippen molar-refractivity contribution in [1.29, 1.82) is 0 Å². The second-order valence-electron chi connectivity index (χ2n) is 6.35. The van der Waals surface area contributed by atoms with Crippen LogP contribution in [0.1, 0.15) is 19.5 Å². The molecule has 0 aliphatic rings. The first kappa shape index (κ1) is 19.1. The van der Waals surface area contributed by atoms with Crippen molar-refractivity contribution in [1.82, 2.24) is 14.5 Å². The van der Waals surface area contributed by atoms with E-state index in [0.717, 1.165) is 16.8 Å².